The zero-order valence-electron chi connectivity index (χ0n) is 27.1. The van der Waals surface area contributed by atoms with Crippen LogP contribution in [0.1, 0.15) is 0 Å². The van der Waals surface area contributed by atoms with Crippen LogP contribution in [0.2, 0.25) is 0 Å². The summed E-state index contributed by atoms with van der Waals surface area (Å²) < 4.78 is 6.74. The number of aromatic nitrogens is 1. The summed E-state index contributed by atoms with van der Waals surface area (Å²) in [5, 5.41) is 9.30. The Labute approximate surface area is 289 Å². The molecule has 0 aliphatic carbocycles. The van der Waals surface area contributed by atoms with Crippen LogP contribution in [0.25, 0.3) is 76.5 Å². The molecule has 3 nitrogen and oxygen atoms in total. The van der Waals surface area contributed by atoms with Crippen LogP contribution in [0.4, 0.5) is 17.1 Å². The van der Waals surface area contributed by atoms with Crippen molar-refractivity contribution < 1.29 is 4.42 Å². The minimum atomic E-state index is 0.805. The number of anilines is 3. The number of hydrogen-bond donors (Lipinski definition) is 0. The fourth-order valence-corrected chi connectivity index (χ4v) is 7.41. The molecule has 2 heterocycles. The van der Waals surface area contributed by atoms with Gasteiger partial charge in [0.2, 0.25) is 0 Å². The number of benzene rings is 8. The van der Waals surface area contributed by atoms with Crippen molar-refractivity contribution in [2.45, 2.75) is 0 Å². The van der Waals surface area contributed by atoms with Gasteiger partial charge in [-0.25, -0.2) is 0 Å². The second-order valence-corrected chi connectivity index (χ2v) is 12.9. The number of pyridine rings is 1. The summed E-state index contributed by atoms with van der Waals surface area (Å²) in [4.78, 5) is 7.08. The molecule has 0 radical (unpaired) electrons. The normalized spacial score (nSPS) is 11.6. The zero-order valence-corrected chi connectivity index (χ0v) is 27.1. The molecular weight excluding hydrogens is 609 g/mol. The van der Waals surface area contributed by atoms with Crippen LogP contribution in [0.15, 0.2) is 187 Å². The van der Waals surface area contributed by atoms with Crippen LogP contribution in [0.3, 0.4) is 0 Å². The standard InChI is InChI=1S/C47H30N2O/c1-2-11-34-25-37(20-19-31(34)9-1)32-21-23-39(24-22-32)49(40-16-7-15-38(26-40)42-18-8-14-33-10-5-6-17-41(33)42)45-30-48-29-44-43-27-35-12-3-4-13-36(35)28-46(43)50-47(44)45/h1-30H. The predicted molar refractivity (Wildman–Crippen MR) is 210 cm³/mol. The van der Waals surface area contributed by atoms with Crippen LogP contribution >= 0.6 is 0 Å². The van der Waals surface area contributed by atoms with Crippen molar-refractivity contribution in [2.75, 3.05) is 4.90 Å². The van der Waals surface area contributed by atoms with Gasteiger partial charge < -0.3 is 9.32 Å². The van der Waals surface area contributed by atoms with E-state index in [-0.39, 0.29) is 0 Å². The van der Waals surface area contributed by atoms with Gasteiger partial charge in [0.25, 0.3) is 0 Å². The number of rotatable bonds is 5. The third kappa shape index (κ3) is 4.71. The average molecular weight is 639 g/mol. The third-order valence-electron chi connectivity index (χ3n) is 9.88. The zero-order chi connectivity index (χ0) is 33.0. The van der Waals surface area contributed by atoms with Crippen LogP contribution in [0, 0.1) is 0 Å². The van der Waals surface area contributed by atoms with Crippen molar-refractivity contribution in [3.63, 3.8) is 0 Å². The molecular formula is C47H30N2O. The van der Waals surface area contributed by atoms with Crippen LogP contribution < -0.4 is 4.90 Å². The van der Waals surface area contributed by atoms with E-state index in [0.717, 1.165) is 55.5 Å². The van der Waals surface area contributed by atoms with E-state index < -0.39 is 0 Å². The van der Waals surface area contributed by atoms with Gasteiger partial charge in [0.1, 0.15) is 11.3 Å². The molecule has 0 spiro atoms. The molecule has 0 saturated heterocycles. The molecule has 50 heavy (non-hydrogen) atoms. The molecule has 2 aromatic heterocycles. The van der Waals surface area contributed by atoms with E-state index in [9.17, 15) is 0 Å². The van der Waals surface area contributed by atoms with Gasteiger partial charge in [-0.1, -0.05) is 127 Å². The summed E-state index contributed by atoms with van der Waals surface area (Å²) in [7, 11) is 0. The Morgan fingerprint density at radius 1 is 0.400 bits per heavy atom. The molecule has 0 aliphatic heterocycles. The first-order valence-corrected chi connectivity index (χ1v) is 16.9. The molecule has 0 N–H and O–H groups in total. The molecule has 0 bridgehead atoms. The Balaban J connectivity index is 1.16. The van der Waals surface area contributed by atoms with E-state index in [0.29, 0.717) is 0 Å². The Bertz CT molecular complexity index is 2880. The van der Waals surface area contributed by atoms with Crippen molar-refractivity contribution in [3.8, 4) is 22.3 Å². The fraction of sp³-hybridized carbons (Fsp3) is 0. The lowest BCUT2D eigenvalue weighted by Crippen LogP contribution is -2.10. The largest absolute Gasteiger partial charge is 0.454 e. The highest BCUT2D eigenvalue weighted by Crippen LogP contribution is 2.44. The Morgan fingerprint density at radius 2 is 1.08 bits per heavy atom. The van der Waals surface area contributed by atoms with E-state index >= 15 is 0 Å². The summed E-state index contributed by atoms with van der Waals surface area (Å²) in [5.41, 5.74) is 9.28. The minimum Gasteiger partial charge on any atom is -0.454 e. The molecule has 0 aliphatic rings. The summed E-state index contributed by atoms with van der Waals surface area (Å²) >= 11 is 0. The maximum absolute atomic E-state index is 6.74. The van der Waals surface area contributed by atoms with Crippen molar-refractivity contribution in [1.82, 2.24) is 4.98 Å². The van der Waals surface area contributed by atoms with Crippen molar-refractivity contribution >= 4 is 71.3 Å². The van der Waals surface area contributed by atoms with Gasteiger partial charge in [0, 0.05) is 28.3 Å². The number of hydrogen-bond acceptors (Lipinski definition) is 3. The van der Waals surface area contributed by atoms with Crippen LogP contribution in [-0.2, 0) is 0 Å². The second-order valence-electron chi connectivity index (χ2n) is 12.9. The molecule has 0 saturated carbocycles. The SMILES string of the molecule is c1cc(-c2cccc3ccccc23)cc(N(c2ccc(-c3ccc4ccccc4c3)cc2)c2cncc3c2oc2cc4ccccc4cc23)c1. The molecule has 234 valence electrons. The highest BCUT2D eigenvalue weighted by atomic mass is 16.3. The van der Waals surface area contributed by atoms with Gasteiger partial charge in [-0.15, -0.1) is 0 Å². The monoisotopic (exact) mass is 638 g/mol. The first-order chi connectivity index (χ1) is 24.8. The lowest BCUT2D eigenvalue weighted by molar-refractivity contribution is 0.669. The predicted octanol–water partition coefficient (Wildman–Crippen LogP) is 13.2. The summed E-state index contributed by atoms with van der Waals surface area (Å²) in [5.74, 6) is 0. The van der Waals surface area contributed by atoms with Crippen LogP contribution in [-0.4, -0.2) is 4.98 Å². The Kier molecular flexibility index (Phi) is 6.49. The van der Waals surface area contributed by atoms with E-state index in [1.807, 2.05) is 12.4 Å². The Morgan fingerprint density at radius 3 is 1.92 bits per heavy atom. The lowest BCUT2D eigenvalue weighted by atomic mass is 9.97. The van der Waals surface area contributed by atoms with Crippen molar-refractivity contribution in [1.29, 1.82) is 0 Å². The molecule has 10 aromatic rings. The quantitative estimate of drug-likeness (QED) is 0.188. The fourth-order valence-electron chi connectivity index (χ4n) is 7.41. The maximum atomic E-state index is 6.74. The second kappa shape index (κ2) is 11.5. The molecule has 0 atom stereocenters. The highest BCUT2D eigenvalue weighted by Gasteiger charge is 2.21. The molecule has 10 rings (SSSR count). The smallest absolute Gasteiger partial charge is 0.162 e. The average Bonchev–Trinajstić information content (AvgIpc) is 3.55. The summed E-state index contributed by atoms with van der Waals surface area (Å²) in [6.07, 6.45) is 3.85. The summed E-state index contributed by atoms with van der Waals surface area (Å²) in [6.45, 7) is 0. The van der Waals surface area contributed by atoms with E-state index in [4.69, 9.17) is 9.40 Å². The molecule has 0 unspecified atom stereocenters. The third-order valence-corrected chi connectivity index (χ3v) is 9.88. The van der Waals surface area contributed by atoms with Gasteiger partial charge in [-0.3, -0.25) is 4.98 Å². The van der Waals surface area contributed by atoms with Gasteiger partial charge in [-0.2, -0.15) is 0 Å². The summed E-state index contributed by atoms with van der Waals surface area (Å²) in [6, 6.07) is 60.6. The minimum absolute atomic E-state index is 0.805. The first kappa shape index (κ1) is 28.3. The molecule has 0 fully saturated rings. The maximum Gasteiger partial charge on any atom is 0.162 e. The molecule has 0 amide bonds. The lowest BCUT2D eigenvalue weighted by Gasteiger charge is -2.26. The number of fused-ring (bicyclic) bond motifs is 6. The van der Waals surface area contributed by atoms with Gasteiger partial charge >= 0.3 is 0 Å². The number of nitrogens with zero attached hydrogens (tertiary/aromatic N) is 2. The Hall–Kier alpha value is -6.71. The van der Waals surface area contributed by atoms with Gasteiger partial charge in [-0.05, 0) is 97.0 Å². The topological polar surface area (TPSA) is 29.3 Å². The van der Waals surface area contributed by atoms with Crippen LogP contribution in [0.5, 0.6) is 0 Å². The van der Waals surface area contributed by atoms with Gasteiger partial charge in [0.15, 0.2) is 5.58 Å². The first-order valence-electron chi connectivity index (χ1n) is 16.9. The molecule has 8 aromatic carbocycles. The van der Waals surface area contributed by atoms with E-state index in [1.165, 1.54) is 38.1 Å². The van der Waals surface area contributed by atoms with Gasteiger partial charge in [0.05, 0.1) is 6.20 Å². The van der Waals surface area contributed by atoms with E-state index in [2.05, 4.69) is 175 Å². The number of furan rings is 1. The van der Waals surface area contributed by atoms with Crippen molar-refractivity contribution in [3.05, 3.63) is 182 Å². The van der Waals surface area contributed by atoms with E-state index in [1.54, 1.807) is 0 Å². The van der Waals surface area contributed by atoms with Crippen molar-refractivity contribution in [2.24, 2.45) is 0 Å². The highest BCUT2D eigenvalue weighted by molar-refractivity contribution is 6.13. The molecule has 3 heteroatoms.